The molecule has 1 N–H and O–H groups in total. The summed E-state index contributed by atoms with van der Waals surface area (Å²) < 4.78 is 5.04. The average molecular weight is 417 g/mol. The van der Waals surface area contributed by atoms with E-state index in [2.05, 4.69) is 5.32 Å². The summed E-state index contributed by atoms with van der Waals surface area (Å²) in [5, 5.41) is 3.53. The number of nitrogens with one attached hydrogen (secondary N) is 1. The topological polar surface area (TPSA) is 58.6 Å². The molecule has 156 valence electrons. The van der Waals surface area contributed by atoms with Crippen molar-refractivity contribution >= 4 is 23.4 Å². The molecule has 0 aromatic heterocycles. The Bertz CT molecular complexity index is 765. The van der Waals surface area contributed by atoms with Crippen LogP contribution >= 0.6 is 11.6 Å². The number of hydrogen-bond donors (Lipinski definition) is 1. The van der Waals surface area contributed by atoms with E-state index in [0.717, 1.165) is 17.5 Å². The maximum atomic E-state index is 13.0. The lowest BCUT2D eigenvalue weighted by molar-refractivity contribution is -0.141. The first-order valence-corrected chi connectivity index (χ1v) is 10.3. The summed E-state index contributed by atoms with van der Waals surface area (Å²) in [6, 6.07) is 16.5. The van der Waals surface area contributed by atoms with E-state index in [0.29, 0.717) is 37.6 Å². The zero-order valence-electron chi connectivity index (χ0n) is 17.1. The summed E-state index contributed by atoms with van der Waals surface area (Å²) in [6.07, 6.45) is 1.56. The summed E-state index contributed by atoms with van der Waals surface area (Å²) in [4.78, 5) is 27.7. The van der Waals surface area contributed by atoms with Crippen LogP contribution in [0.5, 0.6) is 0 Å². The molecule has 0 saturated carbocycles. The van der Waals surface area contributed by atoms with Crippen LogP contribution < -0.4 is 5.32 Å². The molecule has 5 nitrogen and oxygen atoms in total. The van der Waals surface area contributed by atoms with Crippen LogP contribution in [0.2, 0.25) is 5.02 Å². The highest BCUT2D eigenvalue weighted by Gasteiger charge is 2.29. The van der Waals surface area contributed by atoms with Crippen molar-refractivity contribution in [2.45, 2.75) is 38.8 Å². The number of carbonyl (C=O) groups is 2. The maximum Gasteiger partial charge on any atom is 0.243 e. The average Bonchev–Trinajstić information content (AvgIpc) is 2.73. The van der Waals surface area contributed by atoms with Gasteiger partial charge in [-0.1, -0.05) is 61.0 Å². The third kappa shape index (κ3) is 7.52. The summed E-state index contributed by atoms with van der Waals surface area (Å²) in [7, 11) is 1.59. The van der Waals surface area contributed by atoms with Crippen LogP contribution in [-0.2, 0) is 27.3 Å². The number of rotatable bonds is 11. The van der Waals surface area contributed by atoms with Crippen molar-refractivity contribution in [2.24, 2.45) is 0 Å². The summed E-state index contributed by atoms with van der Waals surface area (Å²) in [5.41, 5.74) is 1.94. The van der Waals surface area contributed by atoms with Gasteiger partial charge in [0.25, 0.3) is 0 Å². The van der Waals surface area contributed by atoms with Crippen molar-refractivity contribution in [3.05, 3.63) is 70.7 Å². The Morgan fingerprint density at radius 1 is 1.07 bits per heavy atom. The van der Waals surface area contributed by atoms with Crippen molar-refractivity contribution in [1.82, 2.24) is 10.2 Å². The number of halogens is 1. The third-order valence-electron chi connectivity index (χ3n) is 4.61. The van der Waals surface area contributed by atoms with Crippen LogP contribution in [0.25, 0.3) is 0 Å². The third-order valence-corrected chi connectivity index (χ3v) is 4.86. The van der Waals surface area contributed by atoms with Gasteiger partial charge in [0.1, 0.15) is 6.04 Å². The van der Waals surface area contributed by atoms with Gasteiger partial charge in [0.2, 0.25) is 11.8 Å². The number of ether oxygens (including phenoxy) is 1. The van der Waals surface area contributed by atoms with Gasteiger partial charge in [0.05, 0.1) is 6.61 Å². The van der Waals surface area contributed by atoms with E-state index in [9.17, 15) is 9.59 Å². The number of hydrogen-bond acceptors (Lipinski definition) is 3. The lowest BCUT2D eigenvalue weighted by Gasteiger charge is -2.31. The fraction of sp³-hybridized carbons (Fsp3) is 0.391. The minimum absolute atomic E-state index is 0.0368. The van der Waals surface area contributed by atoms with Crippen molar-refractivity contribution < 1.29 is 14.3 Å². The SMILES string of the molecule is CCCC(=O)N(Cc1ccc(Cl)cc1)[C@H](Cc1ccccc1)C(=O)NCCOC. The smallest absolute Gasteiger partial charge is 0.243 e. The molecule has 0 radical (unpaired) electrons. The maximum absolute atomic E-state index is 13.0. The molecule has 0 spiro atoms. The summed E-state index contributed by atoms with van der Waals surface area (Å²) in [5.74, 6) is -0.213. The second kappa shape index (κ2) is 12.2. The molecular formula is C23H29ClN2O3. The Labute approximate surface area is 178 Å². The molecular weight excluding hydrogens is 388 g/mol. The van der Waals surface area contributed by atoms with Crippen molar-refractivity contribution in [3.8, 4) is 0 Å². The zero-order valence-corrected chi connectivity index (χ0v) is 17.8. The van der Waals surface area contributed by atoms with Crippen LogP contribution in [0, 0.1) is 0 Å². The van der Waals surface area contributed by atoms with Gasteiger partial charge in [-0.3, -0.25) is 9.59 Å². The van der Waals surface area contributed by atoms with E-state index in [4.69, 9.17) is 16.3 Å². The van der Waals surface area contributed by atoms with E-state index in [1.54, 1.807) is 24.1 Å². The zero-order chi connectivity index (χ0) is 21.1. The Morgan fingerprint density at radius 3 is 2.38 bits per heavy atom. The fourth-order valence-electron chi connectivity index (χ4n) is 3.09. The first-order valence-electron chi connectivity index (χ1n) is 9.89. The quantitative estimate of drug-likeness (QED) is 0.566. The molecule has 29 heavy (non-hydrogen) atoms. The van der Waals surface area contributed by atoms with Crippen LogP contribution in [0.3, 0.4) is 0 Å². The molecule has 0 aliphatic heterocycles. The highest BCUT2D eigenvalue weighted by Crippen LogP contribution is 2.17. The number of carbonyl (C=O) groups excluding carboxylic acids is 2. The van der Waals surface area contributed by atoms with Crippen LogP contribution in [0.15, 0.2) is 54.6 Å². The van der Waals surface area contributed by atoms with Gasteiger partial charge in [0.15, 0.2) is 0 Å². The standard InChI is InChI=1S/C23H29ClN2O3/c1-3-7-22(27)26(17-19-10-12-20(24)13-11-19)21(23(28)25-14-15-29-2)16-18-8-5-4-6-9-18/h4-6,8-13,21H,3,7,14-17H2,1-2H3,(H,25,28)/t21-/m1/s1. The number of amides is 2. The molecule has 1 atom stereocenters. The van der Waals surface area contributed by atoms with Gasteiger partial charge < -0.3 is 15.0 Å². The summed E-state index contributed by atoms with van der Waals surface area (Å²) >= 11 is 6.00. The van der Waals surface area contributed by atoms with Crippen molar-refractivity contribution in [2.75, 3.05) is 20.3 Å². The summed E-state index contributed by atoms with van der Waals surface area (Å²) in [6.45, 7) is 3.13. The van der Waals surface area contributed by atoms with E-state index < -0.39 is 6.04 Å². The molecule has 0 heterocycles. The highest BCUT2D eigenvalue weighted by atomic mass is 35.5. The van der Waals surface area contributed by atoms with Gasteiger partial charge in [0, 0.05) is 38.1 Å². The lowest BCUT2D eigenvalue weighted by Crippen LogP contribution is -2.51. The normalized spacial score (nSPS) is 11.7. The van der Waals surface area contributed by atoms with Gasteiger partial charge >= 0.3 is 0 Å². The molecule has 2 amide bonds. The van der Waals surface area contributed by atoms with Gasteiger partial charge in [-0.15, -0.1) is 0 Å². The number of benzene rings is 2. The number of nitrogens with zero attached hydrogens (tertiary/aromatic N) is 1. The predicted molar refractivity (Wildman–Crippen MR) is 116 cm³/mol. The second-order valence-electron chi connectivity index (χ2n) is 6.89. The molecule has 0 aliphatic carbocycles. The molecule has 0 saturated heterocycles. The fourth-order valence-corrected chi connectivity index (χ4v) is 3.22. The molecule has 2 aromatic rings. The van der Waals surface area contributed by atoms with E-state index >= 15 is 0 Å². The molecule has 0 bridgehead atoms. The molecule has 0 unspecified atom stereocenters. The van der Waals surface area contributed by atoms with Gasteiger partial charge in [-0.25, -0.2) is 0 Å². The Morgan fingerprint density at radius 2 is 1.76 bits per heavy atom. The Kier molecular flexibility index (Phi) is 9.68. The van der Waals surface area contributed by atoms with Crippen LogP contribution in [0.4, 0.5) is 0 Å². The van der Waals surface area contributed by atoms with Crippen molar-refractivity contribution in [3.63, 3.8) is 0 Å². The Hall–Kier alpha value is -2.37. The molecule has 0 fully saturated rings. The minimum atomic E-state index is -0.607. The monoisotopic (exact) mass is 416 g/mol. The highest BCUT2D eigenvalue weighted by molar-refractivity contribution is 6.30. The van der Waals surface area contributed by atoms with E-state index in [1.165, 1.54) is 0 Å². The van der Waals surface area contributed by atoms with E-state index in [-0.39, 0.29) is 11.8 Å². The van der Waals surface area contributed by atoms with Crippen molar-refractivity contribution in [1.29, 1.82) is 0 Å². The number of methoxy groups -OCH3 is 1. The minimum Gasteiger partial charge on any atom is -0.383 e. The van der Waals surface area contributed by atoms with Gasteiger partial charge in [-0.2, -0.15) is 0 Å². The van der Waals surface area contributed by atoms with E-state index in [1.807, 2.05) is 49.4 Å². The molecule has 6 heteroatoms. The predicted octanol–water partition coefficient (Wildman–Crippen LogP) is 3.84. The molecule has 2 rings (SSSR count). The molecule has 2 aromatic carbocycles. The lowest BCUT2D eigenvalue weighted by atomic mass is 10.0. The first kappa shape index (κ1) is 22.9. The Balaban J connectivity index is 2.30. The van der Waals surface area contributed by atoms with Crippen LogP contribution in [-0.4, -0.2) is 43.0 Å². The van der Waals surface area contributed by atoms with Gasteiger partial charge in [-0.05, 0) is 29.7 Å². The second-order valence-corrected chi connectivity index (χ2v) is 7.32. The van der Waals surface area contributed by atoms with Crippen LogP contribution in [0.1, 0.15) is 30.9 Å². The first-order chi connectivity index (χ1) is 14.0. The molecule has 0 aliphatic rings. The largest absolute Gasteiger partial charge is 0.383 e.